The van der Waals surface area contributed by atoms with E-state index >= 15 is 0 Å². The predicted molar refractivity (Wildman–Crippen MR) is 107 cm³/mol. The zero-order chi connectivity index (χ0) is 18.5. The second-order valence-corrected chi connectivity index (χ2v) is 7.37. The molecule has 4 nitrogen and oxygen atoms in total. The highest BCUT2D eigenvalue weighted by Gasteiger charge is 2.13. The lowest BCUT2D eigenvalue weighted by Gasteiger charge is -2.12. The quantitative estimate of drug-likeness (QED) is 0.545. The van der Waals surface area contributed by atoms with Crippen LogP contribution in [0.5, 0.6) is 5.75 Å². The standard InChI is InChI=1S/C21H25N3OS/c1-5-24-19(13-25-20-16(3)7-6-8-17(20)4)22-23-21(24)26-14-18-11-9-15(2)10-12-18/h6-12H,5,13-14H2,1-4H3. The van der Waals surface area contributed by atoms with Gasteiger partial charge in [-0.1, -0.05) is 59.8 Å². The van der Waals surface area contributed by atoms with E-state index in [1.54, 1.807) is 11.8 Å². The number of para-hydroxylation sites is 1. The summed E-state index contributed by atoms with van der Waals surface area (Å²) in [5.74, 6) is 2.68. The van der Waals surface area contributed by atoms with Gasteiger partial charge in [-0.3, -0.25) is 0 Å². The monoisotopic (exact) mass is 367 g/mol. The van der Waals surface area contributed by atoms with Crippen LogP contribution in [0.3, 0.4) is 0 Å². The summed E-state index contributed by atoms with van der Waals surface area (Å²) in [4.78, 5) is 0. The summed E-state index contributed by atoms with van der Waals surface area (Å²) in [5, 5.41) is 9.67. The van der Waals surface area contributed by atoms with Crippen LogP contribution in [0, 0.1) is 20.8 Å². The van der Waals surface area contributed by atoms with Gasteiger partial charge in [0.1, 0.15) is 12.4 Å². The summed E-state index contributed by atoms with van der Waals surface area (Å²) < 4.78 is 8.18. The minimum atomic E-state index is 0.428. The van der Waals surface area contributed by atoms with E-state index in [-0.39, 0.29) is 0 Å². The van der Waals surface area contributed by atoms with Crippen LogP contribution in [-0.2, 0) is 18.9 Å². The molecule has 0 fully saturated rings. The van der Waals surface area contributed by atoms with Crippen molar-refractivity contribution in [3.8, 4) is 5.75 Å². The summed E-state index contributed by atoms with van der Waals surface area (Å²) in [7, 11) is 0. The number of hydrogen-bond donors (Lipinski definition) is 0. The molecular formula is C21H25N3OS. The molecule has 3 rings (SSSR count). The molecule has 0 aliphatic heterocycles. The molecular weight excluding hydrogens is 342 g/mol. The van der Waals surface area contributed by atoms with Crippen LogP contribution < -0.4 is 4.74 Å². The summed E-state index contributed by atoms with van der Waals surface area (Å²) >= 11 is 1.71. The van der Waals surface area contributed by atoms with Crippen molar-refractivity contribution in [2.75, 3.05) is 0 Å². The van der Waals surface area contributed by atoms with Gasteiger partial charge in [0, 0.05) is 12.3 Å². The second-order valence-electron chi connectivity index (χ2n) is 6.43. The first-order valence-corrected chi connectivity index (χ1v) is 9.86. The number of aromatic nitrogens is 3. The van der Waals surface area contributed by atoms with Crippen molar-refractivity contribution >= 4 is 11.8 Å². The average Bonchev–Trinajstić information content (AvgIpc) is 3.03. The smallest absolute Gasteiger partial charge is 0.191 e. The number of hydrogen-bond acceptors (Lipinski definition) is 4. The van der Waals surface area contributed by atoms with Gasteiger partial charge < -0.3 is 9.30 Å². The minimum Gasteiger partial charge on any atom is -0.485 e. The van der Waals surface area contributed by atoms with Crippen LogP contribution in [-0.4, -0.2) is 14.8 Å². The molecule has 26 heavy (non-hydrogen) atoms. The topological polar surface area (TPSA) is 39.9 Å². The number of rotatable bonds is 7. The summed E-state index contributed by atoms with van der Waals surface area (Å²) in [5.41, 5.74) is 4.85. The van der Waals surface area contributed by atoms with Gasteiger partial charge in [0.2, 0.25) is 0 Å². The maximum Gasteiger partial charge on any atom is 0.191 e. The van der Waals surface area contributed by atoms with E-state index in [2.05, 4.69) is 78.9 Å². The molecule has 0 aliphatic carbocycles. The van der Waals surface area contributed by atoms with E-state index in [0.29, 0.717) is 6.61 Å². The third kappa shape index (κ3) is 4.28. The fourth-order valence-electron chi connectivity index (χ4n) is 2.85. The molecule has 0 amide bonds. The second kappa shape index (κ2) is 8.41. The van der Waals surface area contributed by atoms with E-state index in [9.17, 15) is 0 Å². The number of aryl methyl sites for hydroxylation is 3. The molecule has 1 aromatic heterocycles. The molecule has 0 radical (unpaired) electrons. The van der Waals surface area contributed by atoms with Crippen LogP contribution in [0.15, 0.2) is 47.6 Å². The van der Waals surface area contributed by atoms with Crippen LogP contribution in [0.25, 0.3) is 0 Å². The van der Waals surface area contributed by atoms with Gasteiger partial charge >= 0.3 is 0 Å². The molecule has 0 bridgehead atoms. The molecule has 0 unspecified atom stereocenters. The van der Waals surface area contributed by atoms with Crippen LogP contribution in [0.2, 0.25) is 0 Å². The van der Waals surface area contributed by atoms with Gasteiger partial charge in [-0.05, 0) is 44.4 Å². The van der Waals surface area contributed by atoms with Gasteiger partial charge in [0.05, 0.1) is 0 Å². The van der Waals surface area contributed by atoms with E-state index in [1.165, 1.54) is 11.1 Å². The van der Waals surface area contributed by atoms with E-state index < -0.39 is 0 Å². The summed E-state index contributed by atoms with van der Waals surface area (Å²) in [6.07, 6.45) is 0. The Labute approximate surface area is 159 Å². The van der Waals surface area contributed by atoms with Crippen molar-refractivity contribution in [2.45, 2.75) is 51.8 Å². The highest BCUT2D eigenvalue weighted by Crippen LogP contribution is 2.25. The Morgan fingerprint density at radius 3 is 2.31 bits per heavy atom. The normalized spacial score (nSPS) is 10.9. The number of nitrogens with zero attached hydrogens (tertiary/aromatic N) is 3. The molecule has 136 valence electrons. The molecule has 5 heteroatoms. The molecule has 0 N–H and O–H groups in total. The Hall–Kier alpha value is -2.27. The predicted octanol–water partition coefficient (Wildman–Crippen LogP) is 5.09. The molecule has 1 heterocycles. The van der Waals surface area contributed by atoms with Gasteiger partial charge in [-0.15, -0.1) is 10.2 Å². The van der Waals surface area contributed by atoms with Crippen molar-refractivity contribution < 1.29 is 4.74 Å². The fraction of sp³-hybridized carbons (Fsp3) is 0.333. The Bertz CT molecular complexity index is 851. The lowest BCUT2D eigenvalue weighted by Crippen LogP contribution is -2.08. The Kier molecular flexibility index (Phi) is 5.99. The van der Waals surface area contributed by atoms with Crippen molar-refractivity contribution in [2.24, 2.45) is 0 Å². The Balaban J connectivity index is 1.68. The minimum absolute atomic E-state index is 0.428. The first-order chi connectivity index (χ1) is 12.6. The molecule has 2 aromatic carbocycles. The zero-order valence-corrected chi connectivity index (χ0v) is 16.6. The highest BCUT2D eigenvalue weighted by molar-refractivity contribution is 7.98. The van der Waals surface area contributed by atoms with E-state index in [0.717, 1.165) is 40.2 Å². The van der Waals surface area contributed by atoms with Crippen molar-refractivity contribution in [1.82, 2.24) is 14.8 Å². The maximum absolute atomic E-state index is 6.05. The Morgan fingerprint density at radius 2 is 1.65 bits per heavy atom. The molecule has 0 saturated heterocycles. The largest absolute Gasteiger partial charge is 0.485 e. The van der Waals surface area contributed by atoms with Gasteiger partial charge in [-0.25, -0.2) is 0 Å². The lowest BCUT2D eigenvalue weighted by atomic mass is 10.1. The third-order valence-corrected chi connectivity index (χ3v) is 5.39. The van der Waals surface area contributed by atoms with Crippen molar-refractivity contribution in [3.63, 3.8) is 0 Å². The van der Waals surface area contributed by atoms with E-state index in [4.69, 9.17) is 4.74 Å². The average molecular weight is 368 g/mol. The number of benzene rings is 2. The summed E-state index contributed by atoms with van der Waals surface area (Å²) in [6, 6.07) is 14.8. The molecule has 0 atom stereocenters. The lowest BCUT2D eigenvalue weighted by molar-refractivity contribution is 0.284. The van der Waals surface area contributed by atoms with Crippen LogP contribution in [0.4, 0.5) is 0 Å². The molecule has 0 aliphatic rings. The third-order valence-electron chi connectivity index (χ3n) is 4.35. The fourth-order valence-corrected chi connectivity index (χ4v) is 3.82. The van der Waals surface area contributed by atoms with Gasteiger partial charge in [0.25, 0.3) is 0 Å². The van der Waals surface area contributed by atoms with E-state index in [1.807, 2.05) is 6.07 Å². The molecule has 3 aromatic rings. The number of ether oxygens (including phenoxy) is 1. The highest BCUT2D eigenvalue weighted by atomic mass is 32.2. The zero-order valence-electron chi connectivity index (χ0n) is 15.8. The molecule has 0 saturated carbocycles. The van der Waals surface area contributed by atoms with Crippen LogP contribution in [0.1, 0.15) is 35.0 Å². The van der Waals surface area contributed by atoms with Gasteiger partial charge in [-0.2, -0.15) is 0 Å². The Morgan fingerprint density at radius 1 is 0.962 bits per heavy atom. The number of thioether (sulfide) groups is 1. The SMILES string of the molecule is CCn1c(COc2c(C)cccc2C)nnc1SCc1ccc(C)cc1. The first-order valence-electron chi connectivity index (χ1n) is 8.88. The molecule has 0 spiro atoms. The van der Waals surface area contributed by atoms with Crippen molar-refractivity contribution in [1.29, 1.82) is 0 Å². The van der Waals surface area contributed by atoms with Crippen molar-refractivity contribution in [3.05, 3.63) is 70.5 Å². The van der Waals surface area contributed by atoms with Crippen LogP contribution >= 0.6 is 11.8 Å². The summed E-state index contributed by atoms with van der Waals surface area (Å²) in [6.45, 7) is 9.60. The van der Waals surface area contributed by atoms with Gasteiger partial charge in [0.15, 0.2) is 11.0 Å². The first kappa shape index (κ1) is 18.5. The maximum atomic E-state index is 6.05.